The van der Waals surface area contributed by atoms with Gasteiger partial charge in [-0.05, 0) is 59.3 Å². The first-order valence-electron chi connectivity index (χ1n) is 13.3. The van der Waals surface area contributed by atoms with E-state index in [1.807, 2.05) is 65.8 Å². The predicted octanol–water partition coefficient (Wildman–Crippen LogP) is 2.84. The molecule has 8 heteroatoms. The molecule has 0 saturated carbocycles. The van der Waals surface area contributed by atoms with Crippen molar-refractivity contribution in [2.24, 2.45) is 17.8 Å². The van der Waals surface area contributed by atoms with Crippen molar-refractivity contribution in [2.45, 2.75) is 96.1 Å². The molecule has 2 fully saturated rings. The molecular formula is C28H42N2O6. The maximum Gasteiger partial charge on any atom is 0.313 e. The molecule has 0 aromatic rings. The second-order valence-corrected chi connectivity index (χ2v) is 12.3. The highest BCUT2D eigenvalue weighted by Crippen LogP contribution is 2.57. The van der Waals surface area contributed by atoms with Gasteiger partial charge in [0, 0.05) is 12.1 Å². The number of amides is 2. The van der Waals surface area contributed by atoms with Gasteiger partial charge in [0.05, 0.1) is 30.8 Å². The van der Waals surface area contributed by atoms with Crippen molar-refractivity contribution in [2.75, 3.05) is 19.8 Å². The first kappa shape index (κ1) is 26.9. The van der Waals surface area contributed by atoms with Gasteiger partial charge in [-0.2, -0.15) is 0 Å². The van der Waals surface area contributed by atoms with Gasteiger partial charge < -0.3 is 24.4 Å². The quantitative estimate of drug-likeness (QED) is 0.469. The Morgan fingerprint density at radius 2 is 1.81 bits per heavy atom. The zero-order chi connectivity index (χ0) is 26.5. The van der Waals surface area contributed by atoms with Crippen LogP contribution in [0.1, 0.15) is 67.2 Å². The lowest BCUT2D eigenvalue weighted by atomic mass is 9.74. The highest BCUT2D eigenvalue weighted by atomic mass is 16.6. The molecule has 36 heavy (non-hydrogen) atoms. The average Bonchev–Trinajstić information content (AvgIpc) is 3.11. The number of ether oxygens (including phenoxy) is 2. The summed E-state index contributed by atoms with van der Waals surface area (Å²) in [7, 11) is 0. The number of likely N-dealkylation sites (tertiary alicyclic amines) is 1. The largest absolute Gasteiger partial charge is 0.465 e. The van der Waals surface area contributed by atoms with E-state index in [4.69, 9.17) is 9.47 Å². The van der Waals surface area contributed by atoms with Crippen LogP contribution in [-0.4, -0.2) is 81.3 Å². The summed E-state index contributed by atoms with van der Waals surface area (Å²) in [4.78, 5) is 45.5. The summed E-state index contributed by atoms with van der Waals surface area (Å²) in [5.74, 6) is -2.66. The van der Waals surface area contributed by atoms with E-state index in [0.29, 0.717) is 19.6 Å². The minimum Gasteiger partial charge on any atom is -0.465 e. The van der Waals surface area contributed by atoms with Crippen LogP contribution in [0.2, 0.25) is 0 Å². The number of hydrogen-bond acceptors (Lipinski definition) is 6. The summed E-state index contributed by atoms with van der Waals surface area (Å²) in [6.45, 7) is 12.1. The van der Waals surface area contributed by atoms with Crippen molar-refractivity contribution >= 4 is 17.8 Å². The van der Waals surface area contributed by atoms with Crippen LogP contribution in [-0.2, 0) is 23.9 Å². The van der Waals surface area contributed by atoms with Gasteiger partial charge in [-0.1, -0.05) is 38.2 Å². The SMILES string of the molecule is CC(C)C[C@H](CO)N1C(=O)[C@@H]2[C@H]3C(=O)OCCCC/C=C\[C@@]3(C)O[C@@]23C=CCN(C(C)(C)C)C(=O)C13. The van der Waals surface area contributed by atoms with Crippen LogP contribution in [0, 0.1) is 17.8 Å². The molecule has 2 saturated heterocycles. The molecule has 6 atom stereocenters. The Morgan fingerprint density at radius 1 is 1.08 bits per heavy atom. The number of carbonyl (C=O) groups is 3. The molecule has 1 unspecified atom stereocenters. The van der Waals surface area contributed by atoms with Crippen molar-refractivity contribution in [3.05, 3.63) is 24.3 Å². The van der Waals surface area contributed by atoms with E-state index in [1.54, 1.807) is 4.90 Å². The Labute approximate surface area is 214 Å². The van der Waals surface area contributed by atoms with Gasteiger partial charge in [0.15, 0.2) is 0 Å². The third kappa shape index (κ3) is 4.30. The fourth-order valence-electron chi connectivity index (χ4n) is 6.55. The number of hydrogen-bond donors (Lipinski definition) is 1. The monoisotopic (exact) mass is 502 g/mol. The van der Waals surface area contributed by atoms with Crippen molar-refractivity contribution < 1.29 is 29.0 Å². The van der Waals surface area contributed by atoms with Gasteiger partial charge in [0.1, 0.15) is 17.6 Å². The third-order valence-electron chi connectivity index (χ3n) is 8.10. The lowest BCUT2D eigenvalue weighted by Crippen LogP contribution is -2.61. The molecule has 4 aliphatic heterocycles. The van der Waals surface area contributed by atoms with E-state index >= 15 is 0 Å². The molecule has 2 amide bonds. The van der Waals surface area contributed by atoms with Crippen LogP contribution < -0.4 is 0 Å². The summed E-state index contributed by atoms with van der Waals surface area (Å²) in [6.07, 6.45) is 10.6. The van der Waals surface area contributed by atoms with E-state index in [-0.39, 0.29) is 24.3 Å². The number of fused-ring (bicyclic) bond motifs is 2. The van der Waals surface area contributed by atoms with Crippen LogP contribution in [0.5, 0.6) is 0 Å². The summed E-state index contributed by atoms with van der Waals surface area (Å²) >= 11 is 0. The number of rotatable bonds is 4. The Kier molecular flexibility index (Phi) is 7.16. The molecule has 4 rings (SSSR count). The van der Waals surface area contributed by atoms with E-state index in [9.17, 15) is 19.5 Å². The average molecular weight is 503 g/mol. The molecule has 0 bridgehead atoms. The second-order valence-electron chi connectivity index (χ2n) is 12.3. The van der Waals surface area contributed by atoms with Crippen LogP contribution >= 0.6 is 0 Å². The van der Waals surface area contributed by atoms with Crippen LogP contribution in [0.25, 0.3) is 0 Å². The second kappa shape index (κ2) is 9.60. The minimum atomic E-state index is -1.34. The molecule has 0 aliphatic carbocycles. The highest BCUT2D eigenvalue weighted by molar-refractivity contribution is 5.99. The molecule has 4 heterocycles. The van der Waals surface area contributed by atoms with Gasteiger partial charge in [-0.3, -0.25) is 14.4 Å². The first-order chi connectivity index (χ1) is 16.9. The smallest absolute Gasteiger partial charge is 0.313 e. The van der Waals surface area contributed by atoms with E-state index in [2.05, 4.69) is 0 Å². The summed E-state index contributed by atoms with van der Waals surface area (Å²) in [6, 6.07) is -1.55. The molecule has 1 N–H and O–H groups in total. The Balaban J connectivity index is 1.91. The van der Waals surface area contributed by atoms with Gasteiger partial charge >= 0.3 is 5.97 Å². The third-order valence-corrected chi connectivity index (χ3v) is 8.10. The lowest BCUT2D eigenvalue weighted by Gasteiger charge is -2.43. The molecule has 0 aromatic carbocycles. The zero-order valence-electron chi connectivity index (χ0n) is 22.5. The lowest BCUT2D eigenvalue weighted by molar-refractivity contribution is -0.163. The standard InChI is InChI=1S/C28H42N2O6/c1-18(2)16-19(17-31)30-22-24(33)29(26(3,4)5)14-11-13-28(22)20(23(30)32)21-25(34)35-15-10-8-7-9-12-27(21,6)36-28/h9,11-13,18-22,31H,7-8,10,14-17H2,1-6H3/b12-9-/t19-,20+,21+,22?,27-,28+/m1/s1. The highest BCUT2D eigenvalue weighted by Gasteiger charge is 2.75. The summed E-state index contributed by atoms with van der Waals surface area (Å²) in [5.41, 5.74) is -2.94. The van der Waals surface area contributed by atoms with Crippen LogP contribution in [0.4, 0.5) is 0 Å². The summed E-state index contributed by atoms with van der Waals surface area (Å²) < 4.78 is 12.5. The van der Waals surface area contributed by atoms with Gasteiger partial charge in [-0.25, -0.2) is 0 Å². The van der Waals surface area contributed by atoms with E-state index < -0.39 is 46.6 Å². The molecule has 0 radical (unpaired) electrons. The van der Waals surface area contributed by atoms with Gasteiger partial charge in [-0.15, -0.1) is 0 Å². The first-order valence-corrected chi connectivity index (χ1v) is 13.3. The number of nitrogens with zero attached hydrogens (tertiary/aromatic N) is 2. The van der Waals surface area contributed by atoms with Crippen LogP contribution in [0.15, 0.2) is 24.3 Å². The number of carbonyl (C=O) groups excluding carboxylic acids is 3. The van der Waals surface area contributed by atoms with E-state index in [1.165, 1.54) is 4.90 Å². The Hall–Kier alpha value is -2.19. The summed E-state index contributed by atoms with van der Waals surface area (Å²) in [5, 5.41) is 10.4. The minimum absolute atomic E-state index is 0.189. The number of cyclic esters (lactones) is 1. The number of aliphatic hydroxyl groups excluding tert-OH is 1. The zero-order valence-corrected chi connectivity index (χ0v) is 22.5. The van der Waals surface area contributed by atoms with E-state index in [0.717, 1.165) is 19.3 Å². The van der Waals surface area contributed by atoms with Crippen LogP contribution in [0.3, 0.4) is 0 Å². The predicted molar refractivity (Wildman–Crippen MR) is 135 cm³/mol. The topological polar surface area (TPSA) is 96.4 Å². The van der Waals surface area contributed by atoms with Crippen molar-refractivity contribution in [1.29, 1.82) is 0 Å². The molecular weight excluding hydrogens is 460 g/mol. The van der Waals surface area contributed by atoms with Crippen molar-refractivity contribution in [1.82, 2.24) is 9.80 Å². The molecule has 1 spiro atoms. The molecule has 8 nitrogen and oxygen atoms in total. The number of aliphatic hydroxyl groups is 1. The Morgan fingerprint density at radius 3 is 2.44 bits per heavy atom. The molecule has 0 aromatic heterocycles. The Bertz CT molecular complexity index is 952. The van der Waals surface area contributed by atoms with Crippen molar-refractivity contribution in [3.8, 4) is 0 Å². The molecule has 200 valence electrons. The van der Waals surface area contributed by atoms with Gasteiger partial charge in [0.25, 0.3) is 0 Å². The molecule has 4 aliphatic rings. The number of allylic oxidation sites excluding steroid dienone is 1. The normalized spacial score (nSPS) is 36.8. The fourth-order valence-corrected chi connectivity index (χ4v) is 6.55. The van der Waals surface area contributed by atoms with Gasteiger partial charge in [0.2, 0.25) is 11.8 Å². The number of esters is 1. The fraction of sp³-hybridized carbons (Fsp3) is 0.750. The maximum atomic E-state index is 14.3. The maximum absolute atomic E-state index is 14.3. The van der Waals surface area contributed by atoms with Crippen molar-refractivity contribution in [3.63, 3.8) is 0 Å².